The summed E-state index contributed by atoms with van der Waals surface area (Å²) in [6.45, 7) is 2.44. The van der Waals surface area contributed by atoms with Crippen molar-refractivity contribution in [3.8, 4) is 5.75 Å². The molecule has 0 aliphatic heterocycles. The SMILES string of the molecule is CC1=C(CC(=O)O)c2cc(Cl)ccc2/C1=C\c1ccccc1OCc1ccccc1. The quantitative estimate of drug-likeness (QED) is 0.485. The fraction of sp³-hybridized carbons (Fsp3) is 0.115. The average molecular weight is 417 g/mol. The van der Waals surface area contributed by atoms with Gasteiger partial charge in [-0.3, -0.25) is 4.79 Å². The van der Waals surface area contributed by atoms with Crippen molar-refractivity contribution in [3.05, 3.63) is 106 Å². The first-order chi connectivity index (χ1) is 14.5. The summed E-state index contributed by atoms with van der Waals surface area (Å²) >= 11 is 6.20. The van der Waals surface area contributed by atoms with Crippen molar-refractivity contribution in [2.75, 3.05) is 0 Å². The van der Waals surface area contributed by atoms with Gasteiger partial charge in [0.2, 0.25) is 0 Å². The molecule has 150 valence electrons. The fourth-order valence-corrected chi connectivity index (χ4v) is 3.93. The standard InChI is InChI=1S/C26H21ClO3/c1-17-22(21-12-11-20(27)14-24(21)23(17)15-26(28)29)13-19-9-5-6-10-25(19)30-16-18-7-3-2-4-8-18/h2-14H,15-16H2,1H3,(H,28,29)/b22-13-. The van der Waals surface area contributed by atoms with Crippen molar-refractivity contribution in [1.82, 2.24) is 0 Å². The van der Waals surface area contributed by atoms with Crippen molar-refractivity contribution in [2.45, 2.75) is 20.0 Å². The minimum Gasteiger partial charge on any atom is -0.488 e. The Morgan fingerprint density at radius 3 is 2.50 bits per heavy atom. The van der Waals surface area contributed by atoms with Crippen LogP contribution in [-0.4, -0.2) is 11.1 Å². The van der Waals surface area contributed by atoms with E-state index in [1.54, 1.807) is 0 Å². The highest BCUT2D eigenvalue weighted by Gasteiger charge is 2.25. The molecule has 4 heteroatoms. The van der Waals surface area contributed by atoms with Crippen molar-refractivity contribution < 1.29 is 14.6 Å². The van der Waals surface area contributed by atoms with Crippen LogP contribution in [0.4, 0.5) is 0 Å². The van der Waals surface area contributed by atoms with Gasteiger partial charge in [0.1, 0.15) is 12.4 Å². The maximum atomic E-state index is 11.4. The molecule has 0 heterocycles. The lowest BCUT2D eigenvalue weighted by atomic mass is 10.0. The molecule has 0 atom stereocenters. The highest BCUT2D eigenvalue weighted by molar-refractivity contribution is 6.31. The Labute approximate surface area is 180 Å². The Kier molecular flexibility index (Phi) is 5.73. The van der Waals surface area contributed by atoms with Gasteiger partial charge in [0, 0.05) is 10.6 Å². The summed E-state index contributed by atoms with van der Waals surface area (Å²) in [6.07, 6.45) is 2.03. The smallest absolute Gasteiger partial charge is 0.307 e. The molecule has 4 rings (SSSR count). The van der Waals surface area contributed by atoms with E-state index in [9.17, 15) is 9.90 Å². The molecule has 1 aliphatic carbocycles. The molecule has 30 heavy (non-hydrogen) atoms. The molecule has 0 unspecified atom stereocenters. The summed E-state index contributed by atoms with van der Waals surface area (Å²) in [7, 11) is 0. The Hall–Kier alpha value is -3.30. The third-order valence-electron chi connectivity index (χ3n) is 5.24. The molecule has 3 nitrogen and oxygen atoms in total. The molecule has 1 N–H and O–H groups in total. The van der Waals surface area contributed by atoms with E-state index < -0.39 is 5.97 Å². The number of hydrogen-bond acceptors (Lipinski definition) is 2. The zero-order chi connectivity index (χ0) is 21.1. The number of fused-ring (bicyclic) bond motifs is 1. The molecule has 1 aliphatic rings. The van der Waals surface area contributed by atoms with Gasteiger partial charge in [-0.15, -0.1) is 0 Å². The summed E-state index contributed by atoms with van der Waals surface area (Å²) in [4.78, 5) is 11.4. The molecule has 3 aromatic rings. The molecular formula is C26H21ClO3. The number of halogens is 1. The van der Waals surface area contributed by atoms with Crippen molar-refractivity contribution in [3.63, 3.8) is 0 Å². The molecule has 0 spiro atoms. The third-order valence-corrected chi connectivity index (χ3v) is 5.47. The number of carboxylic acid groups (broad SMARTS) is 1. The molecule has 0 saturated heterocycles. The van der Waals surface area contributed by atoms with Crippen LogP contribution in [-0.2, 0) is 11.4 Å². The number of carbonyl (C=O) groups is 1. The molecule has 0 fully saturated rings. The Bertz CT molecular complexity index is 1160. The number of aliphatic carboxylic acids is 1. The van der Waals surface area contributed by atoms with Crippen LogP contribution >= 0.6 is 11.6 Å². The van der Waals surface area contributed by atoms with Crippen molar-refractivity contribution >= 4 is 34.8 Å². The van der Waals surface area contributed by atoms with Crippen LogP contribution in [0.3, 0.4) is 0 Å². The lowest BCUT2D eigenvalue weighted by Crippen LogP contribution is -1.97. The number of benzene rings is 3. The minimum absolute atomic E-state index is 0.0390. The van der Waals surface area contributed by atoms with E-state index in [4.69, 9.17) is 16.3 Å². The molecule has 0 radical (unpaired) electrons. The molecule has 0 amide bonds. The highest BCUT2D eigenvalue weighted by Crippen LogP contribution is 2.45. The van der Waals surface area contributed by atoms with E-state index in [1.165, 1.54) is 0 Å². The summed E-state index contributed by atoms with van der Waals surface area (Å²) in [5.74, 6) is -0.0769. The van der Waals surface area contributed by atoms with Gasteiger partial charge in [-0.1, -0.05) is 66.2 Å². The largest absolute Gasteiger partial charge is 0.488 e. The number of allylic oxidation sites excluding steroid dienone is 2. The van der Waals surface area contributed by atoms with E-state index >= 15 is 0 Å². The van der Waals surface area contributed by atoms with Crippen LogP contribution in [0, 0.1) is 0 Å². The number of hydrogen-bond donors (Lipinski definition) is 1. The van der Waals surface area contributed by atoms with Crippen LogP contribution < -0.4 is 4.74 Å². The van der Waals surface area contributed by atoms with E-state index in [0.717, 1.165) is 44.7 Å². The lowest BCUT2D eigenvalue weighted by molar-refractivity contribution is -0.135. The third kappa shape index (κ3) is 4.17. The maximum Gasteiger partial charge on any atom is 0.307 e. The molecular weight excluding hydrogens is 396 g/mol. The van der Waals surface area contributed by atoms with Gasteiger partial charge in [0.15, 0.2) is 0 Å². The zero-order valence-corrected chi connectivity index (χ0v) is 17.3. The second kappa shape index (κ2) is 8.60. The van der Waals surface area contributed by atoms with Crippen molar-refractivity contribution in [1.29, 1.82) is 0 Å². The van der Waals surface area contributed by atoms with Gasteiger partial charge in [0.05, 0.1) is 6.42 Å². The Morgan fingerprint density at radius 2 is 1.73 bits per heavy atom. The first-order valence-corrected chi connectivity index (χ1v) is 10.1. The van der Waals surface area contributed by atoms with E-state index in [1.807, 2.05) is 79.7 Å². The lowest BCUT2D eigenvalue weighted by Gasteiger charge is -2.11. The van der Waals surface area contributed by atoms with Gasteiger partial charge < -0.3 is 9.84 Å². The van der Waals surface area contributed by atoms with Crippen LogP contribution in [0.25, 0.3) is 17.2 Å². The minimum atomic E-state index is -0.858. The zero-order valence-electron chi connectivity index (χ0n) is 16.6. The highest BCUT2D eigenvalue weighted by atomic mass is 35.5. The first kappa shape index (κ1) is 20.0. The summed E-state index contributed by atoms with van der Waals surface area (Å²) in [5, 5.41) is 9.97. The number of rotatable bonds is 6. The normalized spacial score (nSPS) is 14.1. The second-order valence-electron chi connectivity index (χ2n) is 7.23. The van der Waals surface area contributed by atoms with Gasteiger partial charge in [-0.05, 0) is 64.6 Å². The van der Waals surface area contributed by atoms with Gasteiger partial charge in [-0.25, -0.2) is 0 Å². The fourth-order valence-electron chi connectivity index (χ4n) is 3.75. The Morgan fingerprint density at radius 1 is 1.00 bits per heavy atom. The van der Waals surface area contributed by atoms with Crippen molar-refractivity contribution in [2.24, 2.45) is 0 Å². The summed E-state index contributed by atoms with van der Waals surface area (Å²) in [5.41, 5.74) is 6.67. The predicted molar refractivity (Wildman–Crippen MR) is 121 cm³/mol. The van der Waals surface area contributed by atoms with Crippen LogP contribution in [0.1, 0.15) is 35.6 Å². The number of ether oxygens (including phenoxy) is 1. The van der Waals surface area contributed by atoms with Gasteiger partial charge >= 0.3 is 5.97 Å². The van der Waals surface area contributed by atoms with E-state index in [0.29, 0.717) is 11.6 Å². The summed E-state index contributed by atoms with van der Waals surface area (Å²) in [6, 6.07) is 23.5. The maximum absolute atomic E-state index is 11.4. The van der Waals surface area contributed by atoms with Crippen LogP contribution in [0.2, 0.25) is 5.02 Å². The first-order valence-electron chi connectivity index (χ1n) is 9.72. The van der Waals surface area contributed by atoms with Gasteiger partial charge in [-0.2, -0.15) is 0 Å². The average Bonchev–Trinajstić information content (AvgIpc) is 2.98. The second-order valence-corrected chi connectivity index (χ2v) is 7.67. The topological polar surface area (TPSA) is 46.5 Å². The summed E-state index contributed by atoms with van der Waals surface area (Å²) < 4.78 is 6.09. The molecule has 0 aromatic heterocycles. The molecule has 3 aromatic carbocycles. The van der Waals surface area contributed by atoms with E-state index in [-0.39, 0.29) is 6.42 Å². The predicted octanol–water partition coefficient (Wildman–Crippen LogP) is 6.72. The molecule has 0 bridgehead atoms. The number of para-hydroxylation sites is 1. The molecule has 0 saturated carbocycles. The van der Waals surface area contributed by atoms with Crippen LogP contribution in [0.15, 0.2) is 78.4 Å². The number of carboxylic acids is 1. The van der Waals surface area contributed by atoms with Crippen LogP contribution in [0.5, 0.6) is 5.75 Å². The van der Waals surface area contributed by atoms with Gasteiger partial charge in [0.25, 0.3) is 0 Å². The monoisotopic (exact) mass is 416 g/mol. The van der Waals surface area contributed by atoms with E-state index in [2.05, 4.69) is 6.08 Å². The Balaban J connectivity index is 1.73.